The lowest BCUT2D eigenvalue weighted by atomic mass is 10.1. The number of hydrogen-bond donors (Lipinski definition) is 1. The molecular formula is C16H14Cl2N4OS. The number of aromatic nitrogens is 3. The van der Waals surface area contributed by atoms with E-state index in [0.717, 1.165) is 11.2 Å². The molecule has 0 saturated carbocycles. The summed E-state index contributed by atoms with van der Waals surface area (Å²) in [4.78, 5) is 12.2. The highest BCUT2D eigenvalue weighted by Gasteiger charge is 2.14. The van der Waals surface area contributed by atoms with Crippen molar-refractivity contribution in [3.63, 3.8) is 0 Å². The average Bonchev–Trinajstić information content (AvgIpc) is 2.96. The first-order valence-corrected chi connectivity index (χ1v) is 8.95. The lowest BCUT2D eigenvalue weighted by Gasteiger charge is -2.15. The van der Waals surface area contributed by atoms with Crippen molar-refractivity contribution in [2.45, 2.75) is 18.1 Å². The molecule has 0 aliphatic heterocycles. The molecular weight excluding hydrogens is 367 g/mol. The number of nitrogens with one attached hydrogen (secondary N) is 1. The number of nitrogens with zero attached hydrogens (tertiary/aromatic N) is 3. The Balaban J connectivity index is 1.61. The Morgan fingerprint density at radius 1 is 1.29 bits per heavy atom. The van der Waals surface area contributed by atoms with Crippen LogP contribution in [0.15, 0.2) is 47.8 Å². The van der Waals surface area contributed by atoms with E-state index in [0.29, 0.717) is 15.2 Å². The van der Waals surface area contributed by atoms with Crippen molar-refractivity contribution < 1.29 is 4.79 Å². The number of pyridine rings is 1. The van der Waals surface area contributed by atoms with Crippen LogP contribution in [0.25, 0.3) is 5.65 Å². The molecule has 0 aliphatic rings. The van der Waals surface area contributed by atoms with Crippen LogP contribution in [0.5, 0.6) is 0 Å². The number of carbonyl (C=O) groups excluding carboxylic acids is 1. The number of hydrogen-bond acceptors (Lipinski definition) is 4. The van der Waals surface area contributed by atoms with Gasteiger partial charge in [0.2, 0.25) is 5.91 Å². The zero-order valence-corrected chi connectivity index (χ0v) is 15.1. The molecule has 5 nitrogen and oxygen atoms in total. The maximum Gasteiger partial charge on any atom is 0.230 e. The van der Waals surface area contributed by atoms with Crippen LogP contribution in [0.3, 0.4) is 0 Å². The molecule has 124 valence electrons. The SMILES string of the molecule is C[C@H](NC(=O)CSc1nnc2ccccn12)c1ccc(Cl)cc1Cl. The van der Waals surface area contributed by atoms with Gasteiger partial charge in [-0.05, 0) is 36.8 Å². The molecule has 8 heteroatoms. The van der Waals surface area contributed by atoms with Gasteiger partial charge in [-0.3, -0.25) is 9.20 Å². The normalized spacial score (nSPS) is 12.3. The lowest BCUT2D eigenvalue weighted by molar-refractivity contribution is -0.119. The molecule has 0 saturated heterocycles. The summed E-state index contributed by atoms with van der Waals surface area (Å²) in [5.74, 6) is 0.136. The monoisotopic (exact) mass is 380 g/mol. The lowest BCUT2D eigenvalue weighted by Crippen LogP contribution is -2.28. The van der Waals surface area contributed by atoms with Crippen LogP contribution in [0, 0.1) is 0 Å². The molecule has 2 heterocycles. The summed E-state index contributed by atoms with van der Waals surface area (Å²) in [5, 5.41) is 12.8. The molecule has 24 heavy (non-hydrogen) atoms. The minimum Gasteiger partial charge on any atom is -0.349 e. The van der Waals surface area contributed by atoms with Gasteiger partial charge < -0.3 is 5.32 Å². The summed E-state index contributed by atoms with van der Waals surface area (Å²) >= 11 is 13.4. The highest BCUT2D eigenvalue weighted by molar-refractivity contribution is 7.99. The zero-order valence-electron chi connectivity index (χ0n) is 12.7. The zero-order chi connectivity index (χ0) is 17.1. The maximum absolute atomic E-state index is 12.2. The van der Waals surface area contributed by atoms with Gasteiger partial charge in [0.05, 0.1) is 11.8 Å². The average molecular weight is 381 g/mol. The van der Waals surface area contributed by atoms with Gasteiger partial charge in [0.1, 0.15) is 0 Å². The Labute approximate surface area is 153 Å². The van der Waals surface area contributed by atoms with Crippen molar-refractivity contribution in [2.24, 2.45) is 0 Å². The summed E-state index contributed by atoms with van der Waals surface area (Å²) < 4.78 is 1.84. The van der Waals surface area contributed by atoms with Crippen LogP contribution >= 0.6 is 35.0 Å². The second kappa shape index (κ2) is 7.42. The van der Waals surface area contributed by atoms with Gasteiger partial charge in [0.15, 0.2) is 10.8 Å². The number of benzene rings is 1. The van der Waals surface area contributed by atoms with Crippen LogP contribution < -0.4 is 5.32 Å². The largest absolute Gasteiger partial charge is 0.349 e. The number of fused-ring (bicyclic) bond motifs is 1. The van der Waals surface area contributed by atoms with Crippen molar-refractivity contribution >= 4 is 46.5 Å². The second-order valence-corrected chi connectivity index (χ2v) is 6.94. The molecule has 1 atom stereocenters. The van der Waals surface area contributed by atoms with E-state index < -0.39 is 0 Å². The van der Waals surface area contributed by atoms with Crippen molar-refractivity contribution in [1.82, 2.24) is 19.9 Å². The smallest absolute Gasteiger partial charge is 0.230 e. The Kier molecular flexibility index (Phi) is 5.28. The first-order chi connectivity index (χ1) is 11.5. The molecule has 3 rings (SSSR count). The maximum atomic E-state index is 12.2. The van der Waals surface area contributed by atoms with Gasteiger partial charge in [-0.1, -0.05) is 47.1 Å². The van der Waals surface area contributed by atoms with Crippen LogP contribution in [0.4, 0.5) is 0 Å². The minimum absolute atomic E-state index is 0.105. The molecule has 1 amide bonds. The summed E-state index contributed by atoms with van der Waals surface area (Å²) in [5.41, 5.74) is 1.58. The van der Waals surface area contributed by atoms with Crippen molar-refractivity contribution in [1.29, 1.82) is 0 Å². The predicted octanol–water partition coefficient (Wildman–Crippen LogP) is 4.01. The summed E-state index contributed by atoms with van der Waals surface area (Å²) in [6.45, 7) is 1.88. The first kappa shape index (κ1) is 17.1. The third-order valence-electron chi connectivity index (χ3n) is 3.42. The third-order valence-corrected chi connectivity index (χ3v) is 4.93. The molecule has 3 aromatic rings. The van der Waals surface area contributed by atoms with Crippen molar-refractivity contribution in [3.05, 3.63) is 58.2 Å². The Morgan fingerprint density at radius 3 is 2.92 bits per heavy atom. The van der Waals surface area contributed by atoms with Crippen molar-refractivity contribution in [3.8, 4) is 0 Å². The van der Waals surface area contributed by atoms with E-state index in [-0.39, 0.29) is 17.7 Å². The highest BCUT2D eigenvalue weighted by Crippen LogP contribution is 2.26. The third kappa shape index (κ3) is 3.83. The van der Waals surface area contributed by atoms with Gasteiger partial charge in [0.25, 0.3) is 0 Å². The standard InChI is InChI=1S/C16H14Cl2N4OS/c1-10(12-6-5-11(17)8-13(12)18)19-15(23)9-24-16-21-20-14-4-2-3-7-22(14)16/h2-8,10H,9H2,1H3,(H,19,23)/t10-/m0/s1. The van der Waals surface area contributed by atoms with E-state index in [1.165, 1.54) is 11.8 Å². The Morgan fingerprint density at radius 2 is 2.12 bits per heavy atom. The van der Waals surface area contributed by atoms with Crippen molar-refractivity contribution in [2.75, 3.05) is 5.75 Å². The number of rotatable bonds is 5. The predicted molar refractivity (Wildman–Crippen MR) is 96.7 cm³/mol. The molecule has 0 unspecified atom stereocenters. The number of halogens is 2. The van der Waals surface area contributed by atoms with Gasteiger partial charge in [0, 0.05) is 16.2 Å². The fourth-order valence-corrected chi connectivity index (χ4v) is 3.57. The first-order valence-electron chi connectivity index (χ1n) is 7.21. The Bertz CT molecular complexity index is 883. The number of carbonyl (C=O) groups is 1. The fraction of sp³-hybridized carbons (Fsp3) is 0.188. The molecule has 0 spiro atoms. The molecule has 0 radical (unpaired) electrons. The highest BCUT2D eigenvalue weighted by atomic mass is 35.5. The van der Waals surface area contributed by atoms with Crippen LogP contribution in [-0.4, -0.2) is 26.3 Å². The van der Waals surface area contributed by atoms with E-state index in [1.54, 1.807) is 12.1 Å². The van der Waals surface area contributed by atoms with Gasteiger partial charge in [-0.15, -0.1) is 10.2 Å². The topological polar surface area (TPSA) is 59.3 Å². The van der Waals surface area contributed by atoms with E-state index in [2.05, 4.69) is 15.5 Å². The summed E-state index contributed by atoms with van der Waals surface area (Å²) in [7, 11) is 0. The Hall–Kier alpha value is -1.76. The van der Waals surface area contributed by atoms with E-state index in [1.807, 2.05) is 41.8 Å². The number of thioether (sulfide) groups is 1. The fourth-order valence-electron chi connectivity index (χ4n) is 2.26. The van der Waals surface area contributed by atoms with Crippen LogP contribution in [0.2, 0.25) is 10.0 Å². The van der Waals surface area contributed by atoms with Gasteiger partial charge in [-0.2, -0.15) is 0 Å². The number of amides is 1. The molecule has 2 aromatic heterocycles. The van der Waals surface area contributed by atoms with Gasteiger partial charge >= 0.3 is 0 Å². The van der Waals surface area contributed by atoms with Gasteiger partial charge in [-0.25, -0.2) is 0 Å². The quantitative estimate of drug-likeness (QED) is 0.679. The summed E-state index contributed by atoms with van der Waals surface area (Å²) in [6, 6.07) is 10.7. The molecule has 0 fully saturated rings. The van der Waals surface area contributed by atoms with Crippen LogP contribution in [0.1, 0.15) is 18.5 Å². The van der Waals surface area contributed by atoms with E-state index in [4.69, 9.17) is 23.2 Å². The summed E-state index contributed by atoms with van der Waals surface area (Å²) in [6.07, 6.45) is 1.87. The molecule has 1 N–H and O–H groups in total. The van der Waals surface area contributed by atoms with E-state index >= 15 is 0 Å². The second-order valence-electron chi connectivity index (χ2n) is 5.16. The van der Waals surface area contributed by atoms with Crippen LogP contribution in [-0.2, 0) is 4.79 Å². The minimum atomic E-state index is -0.210. The molecule has 1 aromatic carbocycles. The molecule has 0 aliphatic carbocycles. The molecule has 0 bridgehead atoms. The van der Waals surface area contributed by atoms with E-state index in [9.17, 15) is 4.79 Å².